The molecule has 0 aliphatic carbocycles. The molecule has 0 fully saturated rings. The molecule has 0 aliphatic rings. The molecule has 1 aromatic carbocycles. The van der Waals surface area contributed by atoms with Gasteiger partial charge in [0.25, 0.3) is 0 Å². The summed E-state index contributed by atoms with van der Waals surface area (Å²) in [5.41, 5.74) is 1.26. The number of nitrogens with one attached hydrogen (secondary N) is 1. The van der Waals surface area contributed by atoms with Crippen molar-refractivity contribution in [3.63, 3.8) is 0 Å². The summed E-state index contributed by atoms with van der Waals surface area (Å²) in [6.45, 7) is 2.96. The molecule has 0 saturated carbocycles. The molecule has 0 spiro atoms. The van der Waals surface area contributed by atoms with E-state index in [9.17, 15) is 4.79 Å². The summed E-state index contributed by atoms with van der Waals surface area (Å²) in [6.07, 6.45) is 29.4. The van der Waals surface area contributed by atoms with Gasteiger partial charge >= 0.3 is 0 Å². The Balaban J connectivity index is 1.92. The molecule has 0 bridgehead atoms. The van der Waals surface area contributed by atoms with Crippen LogP contribution in [0.4, 0.5) is 0 Å². The van der Waals surface area contributed by atoms with Crippen molar-refractivity contribution >= 4 is 5.91 Å². The lowest BCUT2D eigenvalue weighted by atomic mass is 10.1. The molecule has 1 rings (SSSR count). The number of carbonyl (C=O) groups excluding carboxylic acids is 1. The van der Waals surface area contributed by atoms with Crippen molar-refractivity contribution in [1.82, 2.24) is 5.32 Å². The lowest BCUT2D eigenvalue weighted by Crippen LogP contribution is -2.25. The molecule has 30 heavy (non-hydrogen) atoms. The van der Waals surface area contributed by atoms with Crippen molar-refractivity contribution in [2.45, 2.75) is 77.6 Å². The van der Waals surface area contributed by atoms with E-state index in [0.717, 1.165) is 38.5 Å². The largest absolute Gasteiger partial charge is 0.356 e. The number of allylic oxidation sites excluding steroid dienone is 8. The van der Waals surface area contributed by atoms with Crippen LogP contribution in [0.15, 0.2) is 78.9 Å². The van der Waals surface area contributed by atoms with Gasteiger partial charge in [-0.3, -0.25) is 4.79 Å². The standard InChI is InChI=1S/C28H41NO/c1-2-3-4-5-6-7-8-9-10-11-12-13-14-15-16-17-21-24-28(30)29-26-25-27-22-19-18-20-23-27/h6-7,9-10,12-13,15-16,18-20,22-23H,2-5,8,11,14,17,21,24-26H2,1H3,(H,29,30)/b7-6-,10-9-,13-12-,16-15-. The van der Waals surface area contributed by atoms with E-state index in [0.29, 0.717) is 13.0 Å². The van der Waals surface area contributed by atoms with E-state index in [2.05, 4.69) is 73.0 Å². The monoisotopic (exact) mass is 407 g/mol. The summed E-state index contributed by atoms with van der Waals surface area (Å²) in [7, 11) is 0. The maximum absolute atomic E-state index is 11.8. The average molecular weight is 408 g/mol. The Morgan fingerprint density at radius 2 is 1.33 bits per heavy atom. The summed E-state index contributed by atoms with van der Waals surface area (Å²) < 4.78 is 0. The number of unbranched alkanes of at least 4 members (excludes halogenated alkanes) is 4. The van der Waals surface area contributed by atoms with Crippen LogP contribution in [0.25, 0.3) is 0 Å². The molecule has 1 amide bonds. The first kappa shape index (κ1) is 25.7. The van der Waals surface area contributed by atoms with E-state index in [1.54, 1.807) is 0 Å². The molecule has 0 unspecified atom stereocenters. The molecule has 0 aliphatic heterocycles. The predicted molar refractivity (Wildman–Crippen MR) is 132 cm³/mol. The van der Waals surface area contributed by atoms with Crippen LogP contribution < -0.4 is 5.32 Å². The van der Waals surface area contributed by atoms with E-state index < -0.39 is 0 Å². The van der Waals surface area contributed by atoms with Gasteiger partial charge in [0.1, 0.15) is 0 Å². The highest BCUT2D eigenvalue weighted by Crippen LogP contribution is 2.02. The molecular formula is C28H41NO. The van der Waals surface area contributed by atoms with Gasteiger partial charge in [-0.15, -0.1) is 0 Å². The van der Waals surface area contributed by atoms with Gasteiger partial charge in [0.2, 0.25) is 5.91 Å². The highest BCUT2D eigenvalue weighted by atomic mass is 16.1. The molecule has 1 N–H and O–H groups in total. The Bertz CT molecular complexity index is 640. The molecule has 164 valence electrons. The summed E-state index contributed by atoms with van der Waals surface area (Å²) >= 11 is 0. The lowest BCUT2D eigenvalue weighted by molar-refractivity contribution is -0.121. The second-order valence-corrected chi connectivity index (χ2v) is 7.57. The summed E-state index contributed by atoms with van der Waals surface area (Å²) in [5.74, 6) is 0.154. The van der Waals surface area contributed by atoms with E-state index in [4.69, 9.17) is 0 Å². The minimum atomic E-state index is 0.154. The molecule has 0 aromatic heterocycles. The number of rotatable bonds is 17. The number of benzene rings is 1. The SMILES string of the molecule is CCCCC/C=C\C/C=C\C/C=C\C/C=C\CCCC(=O)NCCc1ccccc1. The number of hydrogen-bond acceptors (Lipinski definition) is 1. The number of amides is 1. The summed E-state index contributed by atoms with van der Waals surface area (Å²) in [6, 6.07) is 10.3. The van der Waals surface area contributed by atoms with E-state index in [-0.39, 0.29) is 5.91 Å². The Morgan fingerprint density at radius 3 is 1.93 bits per heavy atom. The van der Waals surface area contributed by atoms with Gasteiger partial charge in [-0.1, -0.05) is 98.7 Å². The minimum absolute atomic E-state index is 0.154. The third-order valence-corrected chi connectivity index (χ3v) is 4.81. The van der Waals surface area contributed by atoms with Crippen molar-refractivity contribution < 1.29 is 4.79 Å². The van der Waals surface area contributed by atoms with Crippen molar-refractivity contribution in [2.75, 3.05) is 6.54 Å². The van der Waals surface area contributed by atoms with Gasteiger partial charge in [-0.05, 0) is 56.9 Å². The molecule has 0 radical (unpaired) electrons. The van der Waals surface area contributed by atoms with E-state index in [1.807, 2.05) is 18.2 Å². The van der Waals surface area contributed by atoms with Crippen LogP contribution >= 0.6 is 0 Å². The quantitative estimate of drug-likeness (QED) is 0.210. The number of carbonyl (C=O) groups is 1. The Morgan fingerprint density at radius 1 is 0.767 bits per heavy atom. The van der Waals surface area contributed by atoms with Gasteiger partial charge < -0.3 is 5.32 Å². The van der Waals surface area contributed by atoms with Crippen LogP contribution in [0.5, 0.6) is 0 Å². The normalized spacial score (nSPS) is 12.0. The molecule has 0 atom stereocenters. The summed E-state index contributed by atoms with van der Waals surface area (Å²) in [4.78, 5) is 11.8. The Labute approximate surface area is 184 Å². The molecule has 2 heteroatoms. The van der Waals surface area contributed by atoms with Gasteiger partial charge in [0.15, 0.2) is 0 Å². The van der Waals surface area contributed by atoms with Crippen LogP contribution in [0.1, 0.15) is 76.7 Å². The maximum atomic E-state index is 11.8. The third kappa shape index (κ3) is 16.6. The smallest absolute Gasteiger partial charge is 0.220 e. The van der Waals surface area contributed by atoms with Crippen molar-refractivity contribution in [3.8, 4) is 0 Å². The fourth-order valence-electron chi connectivity index (χ4n) is 3.02. The van der Waals surface area contributed by atoms with Gasteiger partial charge in [-0.2, -0.15) is 0 Å². The lowest BCUT2D eigenvalue weighted by Gasteiger charge is -2.04. The van der Waals surface area contributed by atoms with Crippen LogP contribution in [0.2, 0.25) is 0 Å². The van der Waals surface area contributed by atoms with Crippen LogP contribution in [0, 0.1) is 0 Å². The first-order valence-electron chi connectivity index (χ1n) is 11.7. The van der Waals surface area contributed by atoms with Crippen molar-refractivity contribution in [3.05, 3.63) is 84.5 Å². The molecule has 0 heterocycles. The summed E-state index contributed by atoms with van der Waals surface area (Å²) in [5, 5.41) is 3.00. The average Bonchev–Trinajstić information content (AvgIpc) is 2.76. The van der Waals surface area contributed by atoms with Gasteiger partial charge in [0, 0.05) is 13.0 Å². The van der Waals surface area contributed by atoms with Crippen molar-refractivity contribution in [1.29, 1.82) is 0 Å². The highest BCUT2D eigenvalue weighted by Gasteiger charge is 1.99. The first-order chi connectivity index (χ1) is 14.8. The van der Waals surface area contributed by atoms with E-state index >= 15 is 0 Å². The van der Waals surface area contributed by atoms with Crippen LogP contribution in [0.3, 0.4) is 0 Å². The molecule has 2 nitrogen and oxygen atoms in total. The zero-order chi connectivity index (χ0) is 21.5. The predicted octanol–water partition coefficient (Wildman–Crippen LogP) is 7.49. The highest BCUT2D eigenvalue weighted by molar-refractivity contribution is 5.75. The number of hydrogen-bond donors (Lipinski definition) is 1. The Hall–Kier alpha value is -2.35. The maximum Gasteiger partial charge on any atom is 0.220 e. The fraction of sp³-hybridized carbons (Fsp3) is 0.464. The first-order valence-corrected chi connectivity index (χ1v) is 11.7. The van der Waals surface area contributed by atoms with Crippen molar-refractivity contribution in [2.24, 2.45) is 0 Å². The van der Waals surface area contributed by atoms with Gasteiger partial charge in [0.05, 0.1) is 0 Å². The molecular weight excluding hydrogens is 366 g/mol. The van der Waals surface area contributed by atoms with Gasteiger partial charge in [-0.25, -0.2) is 0 Å². The minimum Gasteiger partial charge on any atom is -0.356 e. The second kappa shape index (κ2) is 19.9. The Kier molecular flexibility index (Phi) is 17.1. The molecule has 1 aromatic rings. The zero-order valence-electron chi connectivity index (χ0n) is 18.9. The van der Waals surface area contributed by atoms with Crippen LogP contribution in [-0.2, 0) is 11.2 Å². The fourth-order valence-corrected chi connectivity index (χ4v) is 3.02. The molecule has 0 saturated heterocycles. The zero-order valence-corrected chi connectivity index (χ0v) is 18.9. The van der Waals surface area contributed by atoms with Crippen LogP contribution in [-0.4, -0.2) is 12.5 Å². The second-order valence-electron chi connectivity index (χ2n) is 7.57. The third-order valence-electron chi connectivity index (χ3n) is 4.81. The topological polar surface area (TPSA) is 29.1 Å². The van der Waals surface area contributed by atoms with E-state index in [1.165, 1.54) is 31.2 Å².